The zero-order valence-electron chi connectivity index (χ0n) is 13.8. The summed E-state index contributed by atoms with van der Waals surface area (Å²) in [5, 5.41) is 10.9. The van der Waals surface area contributed by atoms with Gasteiger partial charge in [-0.15, -0.1) is 0 Å². The number of Topliss-reactive ketones (excluding diaryl/α,β-unsaturated/α-hetero) is 1. The first kappa shape index (κ1) is 16.6. The van der Waals surface area contributed by atoms with Crippen molar-refractivity contribution < 1.29 is 14.5 Å². The van der Waals surface area contributed by atoms with E-state index < -0.39 is 4.92 Å². The third kappa shape index (κ3) is 3.32. The van der Waals surface area contributed by atoms with Gasteiger partial charge in [0.15, 0.2) is 0 Å². The molecule has 2 bridgehead atoms. The Morgan fingerprint density at radius 2 is 1.96 bits per heavy atom. The molecule has 6 nitrogen and oxygen atoms in total. The van der Waals surface area contributed by atoms with E-state index in [1.807, 2.05) is 0 Å². The van der Waals surface area contributed by atoms with E-state index in [2.05, 4.69) is 0 Å². The highest BCUT2D eigenvalue weighted by molar-refractivity contribution is 5.88. The zero-order chi connectivity index (χ0) is 17.3. The minimum atomic E-state index is -0.431. The summed E-state index contributed by atoms with van der Waals surface area (Å²) in [6, 6.07) is 6.37. The highest BCUT2D eigenvalue weighted by Gasteiger charge is 2.41. The van der Waals surface area contributed by atoms with Gasteiger partial charge in [-0.25, -0.2) is 0 Å². The Morgan fingerprint density at radius 3 is 2.58 bits per heavy atom. The number of hydrogen-bond acceptors (Lipinski definition) is 4. The van der Waals surface area contributed by atoms with Gasteiger partial charge in [-0.05, 0) is 31.2 Å². The normalized spacial score (nSPS) is 26.0. The Morgan fingerprint density at radius 1 is 1.29 bits per heavy atom. The minimum absolute atomic E-state index is 0.0335. The average molecular weight is 330 g/mol. The lowest BCUT2D eigenvalue weighted by molar-refractivity contribution is -0.384. The largest absolute Gasteiger partial charge is 0.341 e. The summed E-state index contributed by atoms with van der Waals surface area (Å²) < 4.78 is 0. The molecular formula is C18H22N2O4. The molecule has 0 heterocycles. The Labute approximate surface area is 141 Å². The van der Waals surface area contributed by atoms with Crippen molar-refractivity contribution in [2.75, 3.05) is 7.05 Å². The predicted molar refractivity (Wildman–Crippen MR) is 88.1 cm³/mol. The lowest BCUT2D eigenvalue weighted by Gasteiger charge is -2.38. The van der Waals surface area contributed by atoms with E-state index in [4.69, 9.17) is 0 Å². The van der Waals surface area contributed by atoms with Crippen molar-refractivity contribution in [3.05, 3.63) is 39.9 Å². The predicted octanol–water partition coefficient (Wildman–Crippen LogP) is 2.95. The molecule has 1 aromatic carbocycles. The van der Waals surface area contributed by atoms with Gasteiger partial charge in [-0.3, -0.25) is 19.7 Å². The van der Waals surface area contributed by atoms with Crippen molar-refractivity contribution in [2.45, 2.75) is 38.6 Å². The SMILES string of the molecule is CN(Cc1cccc([N+](=O)[O-])c1)C(=O)C1C[C@H]2CCC[C@@H](C1)C2=O. The lowest BCUT2D eigenvalue weighted by atomic mass is 9.67. The van der Waals surface area contributed by atoms with Crippen molar-refractivity contribution in [1.29, 1.82) is 0 Å². The molecule has 0 saturated heterocycles. The smallest absolute Gasteiger partial charge is 0.269 e. The number of rotatable bonds is 4. The zero-order valence-corrected chi connectivity index (χ0v) is 13.8. The van der Waals surface area contributed by atoms with E-state index >= 15 is 0 Å². The maximum Gasteiger partial charge on any atom is 0.269 e. The molecule has 0 aromatic heterocycles. The lowest BCUT2D eigenvalue weighted by Crippen LogP contribution is -2.43. The number of nitrogens with zero attached hydrogens (tertiary/aromatic N) is 2. The summed E-state index contributed by atoms with van der Waals surface area (Å²) in [4.78, 5) is 36.9. The number of fused-ring (bicyclic) bond motifs is 2. The average Bonchev–Trinajstić information content (AvgIpc) is 2.54. The number of benzene rings is 1. The first-order valence-electron chi connectivity index (χ1n) is 8.47. The van der Waals surface area contributed by atoms with Gasteiger partial charge in [0.2, 0.25) is 5.91 Å². The number of non-ortho nitro benzene ring substituents is 1. The molecule has 2 saturated carbocycles. The van der Waals surface area contributed by atoms with Crippen molar-refractivity contribution in [3.63, 3.8) is 0 Å². The molecule has 1 unspecified atom stereocenters. The second kappa shape index (κ2) is 6.71. The Bertz CT molecular complexity index is 657. The van der Waals surface area contributed by atoms with Gasteiger partial charge in [-0.1, -0.05) is 18.6 Å². The summed E-state index contributed by atoms with van der Waals surface area (Å²) in [6.07, 6.45) is 4.23. The molecule has 24 heavy (non-hydrogen) atoms. The van der Waals surface area contributed by atoms with Crippen LogP contribution in [-0.4, -0.2) is 28.6 Å². The molecule has 1 amide bonds. The fraction of sp³-hybridized carbons (Fsp3) is 0.556. The first-order chi connectivity index (χ1) is 11.5. The Kier molecular flexibility index (Phi) is 4.64. The summed E-state index contributed by atoms with van der Waals surface area (Å²) in [5.41, 5.74) is 0.776. The van der Waals surface area contributed by atoms with Crippen LogP contribution < -0.4 is 0 Å². The topological polar surface area (TPSA) is 80.5 Å². The standard InChI is InChI=1S/C18H22N2O4/c1-19(11-12-4-2-7-16(8-12)20(23)24)18(22)15-9-13-5-3-6-14(10-15)17(13)21/h2,4,7-8,13-15H,3,5-6,9-11H2,1H3/t13-,14+,15?. The molecule has 2 fully saturated rings. The molecule has 0 aliphatic heterocycles. The van der Waals surface area contributed by atoms with Gasteiger partial charge in [0, 0.05) is 43.5 Å². The van der Waals surface area contributed by atoms with Gasteiger partial charge in [0.05, 0.1) is 4.92 Å². The van der Waals surface area contributed by atoms with Gasteiger partial charge in [0.1, 0.15) is 5.78 Å². The fourth-order valence-corrected chi connectivity index (χ4v) is 4.11. The summed E-state index contributed by atoms with van der Waals surface area (Å²) >= 11 is 0. The molecule has 1 aromatic rings. The van der Waals surface area contributed by atoms with Crippen LogP contribution in [-0.2, 0) is 16.1 Å². The van der Waals surface area contributed by atoms with Crippen LogP contribution in [0.1, 0.15) is 37.7 Å². The first-order valence-corrected chi connectivity index (χ1v) is 8.47. The molecule has 0 spiro atoms. The van der Waals surface area contributed by atoms with Crippen LogP contribution in [0.15, 0.2) is 24.3 Å². The minimum Gasteiger partial charge on any atom is -0.341 e. The van der Waals surface area contributed by atoms with Crippen LogP contribution in [0.3, 0.4) is 0 Å². The van der Waals surface area contributed by atoms with Crippen LogP contribution in [0.5, 0.6) is 0 Å². The van der Waals surface area contributed by atoms with E-state index in [0.29, 0.717) is 25.2 Å². The second-order valence-electron chi connectivity index (χ2n) is 7.02. The molecule has 3 atom stereocenters. The van der Waals surface area contributed by atoms with Crippen LogP contribution in [0, 0.1) is 27.9 Å². The number of ketones is 1. The quantitative estimate of drug-likeness (QED) is 0.628. The highest BCUT2D eigenvalue weighted by atomic mass is 16.6. The van der Waals surface area contributed by atoms with E-state index in [0.717, 1.165) is 24.8 Å². The third-order valence-corrected chi connectivity index (χ3v) is 5.31. The van der Waals surface area contributed by atoms with Gasteiger partial charge in [-0.2, -0.15) is 0 Å². The Balaban J connectivity index is 1.66. The molecule has 128 valence electrons. The summed E-state index contributed by atoms with van der Waals surface area (Å²) in [5.74, 6) is 0.412. The van der Waals surface area contributed by atoms with Crippen LogP contribution in [0.2, 0.25) is 0 Å². The molecule has 0 N–H and O–H groups in total. The van der Waals surface area contributed by atoms with Gasteiger partial charge in [0.25, 0.3) is 5.69 Å². The molecular weight excluding hydrogens is 308 g/mol. The van der Waals surface area contributed by atoms with E-state index in [9.17, 15) is 19.7 Å². The highest BCUT2D eigenvalue weighted by Crippen LogP contribution is 2.40. The van der Waals surface area contributed by atoms with Gasteiger partial charge >= 0.3 is 0 Å². The van der Waals surface area contributed by atoms with Crippen molar-refractivity contribution >= 4 is 17.4 Å². The molecule has 0 radical (unpaired) electrons. The number of nitro groups is 1. The van der Waals surface area contributed by atoms with E-state index in [1.165, 1.54) is 12.1 Å². The Hall–Kier alpha value is -2.24. The van der Waals surface area contributed by atoms with E-state index in [1.54, 1.807) is 24.1 Å². The van der Waals surface area contributed by atoms with Crippen LogP contribution in [0.25, 0.3) is 0 Å². The number of carbonyl (C=O) groups excluding carboxylic acids is 2. The number of amides is 1. The van der Waals surface area contributed by atoms with Crippen LogP contribution in [0.4, 0.5) is 5.69 Å². The van der Waals surface area contributed by atoms with Crippen molar-refractivity contribution in [1.82, 2.24) is 4.90 Å². The third-order valence-electron chi connectivity index (χ3n) is 5.31. The van der Waals surface area contributed by atoms with Crippen LogP contribution >= 0.6 is 0 Å². The number of hydrogen-bond donors (Lipinski definition) is 0. The number of carbonyl (C=O) groups is 2. The maximum atomic E-state index is 12.7. The summed E-state index contributed by atoms with van der Waals surface area (Å²) in [7, 11) is 1.73. The van der Waals surface area contributed by atoms with Crippen molar-refractivity contribution in [3.8, 4) is 0 Å². The van der Waals surface area contributed by atoms with Crippen molar-refractivity contribution in [2.24, 2.45) is 17.8 Å². The second-order valence-corrected chi connectivity index (χ2v) is 7.02. The number of nitro benzene ring substituents is 1. The van der Waals surface area contributed by atoms with Gasteiger partial charge < -0.3 is 4.90 Å². The summed E-state index contributed by atoms with van der Waals surface area (Å²) in [6.45, 7) is 0.348. The molecule has 2 aliphatic rings. The van der Waals surface area contributed by atoms with E-state index in [-0.39, 0.29) is 29.3 Å². The monoisotopic (exact) mass is 330 g/mol. The molecule has 3 rings (SSSR count). The fourth-order valence-electron chi connectivity index (χ4n) is 4.11. The maximum absolute atomic E-state index is 12.7. The molecule has 2 aliphatic carbocycles. The molecule has 6 heteroatoms.